The Morgan fingerprint density at radius 3 is 2.61 bits per heavy atom. The van der Waals surface area contributed by atoms with E-state index >= 15 is 0 Å². The highest BCUT2D eigenvalue weighted by Crippen LogP contribution is 2.21. The summed E-state index contributed by atoms with van der Waals surface area (Å²) in [5, 5.41) is 8.67. The molecule has 0 atom stereocenters. The minimum absolute atomic E-state index is 0.589. The minimum Gasteiger partial charge on any atom is -0.368 e. The van der Waals surface area contributed by atoms with Crippen LogP contribution in [0.4, 0.5) is 0 Å². The SMILES string of the molecule is Clc1cc(Cl)cc(-n2cc(C3=NCCN3)cn2)c1. The number of amidine groups is 1. The van der Waals surface area contributed by atoms with Crippen LogP contribution in [0.15, 0.2) is 35.6 Å². The van der Waals surface area contributed by atoms with Crippen molar-refractivity contribution in [3.63, 3.8) is 0 Å². The molecule has 0 bridgehead atoms. The van der Waals surface area contributed by atoms with E-state index in [4.69, 9.17) is 23.2 Å². The van der Waals surface area contributed by atoms with Crippen LogP contribution in [0.25, 0.3) is 5.69 Å². The molecule has 0 fully saturated rings. The predicted molar refractivity (Wildman–Crippen MR) is 73.0 cm³/mol. The summed E-state index contributed by atoms with van der Waals surface area (Å²) in [4.78, 5) is 4.35. The number of aliphatic imine (C=N–C) groups is 1. The number of benzene rings is 1. The van der Waals surface area contributed by atoms with Gasteiger partial charge in [-0.1, -0.05) is 23.2 Å². The summed E-state index contributed by atoms with van der Waals surface area (Å²) in [6.07, 6.45) is 3.67. The third kappa shape index (κ3) is 2.21. The topological polar surface area (TPSA) is 42.2 Å². The van der Waals surface area contributed by atoms with Crippen LogP contribution in [0, 0.1) is 0 Å². The van der Waals surface area contributed by atoms with Crippen molar-refractivity contribution >= 4 is 29.0 Å². The maximum absolute atomic E-state index is 5.97. The predicted octanol–water partition coefficient (Wildman–Crippen LogP) is 2.53. The molecule has 0 spiro atoms. The van der Waals surface area contributed by atoms with Gasteiger partial charge in [0.1, 0.15) is 5.84 Å². The molecule has 3 rings (SSSR count). The molecule has 1 aliphatic rings. The third-order valence-corrected chi connectivity index (χ3v) is 3.08. The molecule has 1 aliphatic heterocycles. The van der Waals surface area contributed by atoms with E-state index in [0.29, 0.717) is 10.0 Å². The number of halogens is 2. The van der Waals surface area contributed by atoms with E-state index in [1.807, 2.05) is 18.3 Å². The number of rotatable bonds is 2. The smallest absolute Gasteiger partial charge is 0.131 e. The van der Waals surface area contributed by atoms with Gasteiger partial charge in [-0.15, -0.1) is 0 Å². The van der Waals surface area contributed by atoms with Crippen LogP contribution in [0.2, 0.25) is 10.0 Å². The van der Waals surface area contributed by atoms with Gasteiger partial charge < -0.3 is 5.32 Å². The zero-order valence-electron chi connectivity index (χ0n) is 9.40. The summed E-state index contributed by atoms with van der Waals surface area (Å²) >= 11 is 11.9. The highest BCUT2D eigenvalue weighted by molar-refractivity contribution is 6.34. The van der Waals surface area contributed by atoms with Gasteiger partial charge in [-0.25, -0.2) is 4.68 Å². The van der Waals surface area contributed by atoms with Crippen molar-refractivity contribution in [1.82, 2.24) is 15.1 Å². The summed E-state index contributed by atoms with van der Waals surface area (Å²) in [5.74, 6) is 0.884. The first kappa shape index (κ1) is 11.6. The molecule has 0 unspecified atom stereocenters. The fraction of sp³-hybridized carbons (Fsp3) is 0.167. The highest BCUT2D eigenvalue weighted by Gasteiger charge is 2.11. The third-order valence-electron chi connectivity index (χ3n) is 2.64. The van der Waals surface area contributed by atoms with Crippen molar-refractivity contribution in [2.24, 2.45) is 4.99 Å². The largest absolute Gasteiger partial charge is 0.368 e. The Hall–Kier alpha value is -1.52. The number of aromatic nitrogens is 2. The molecule has 0 aliphatic carbocycles. The van der Waals surface area contributed by atoms with Crippen LogP contribution >= 0.6 is 23.2 Å². The van der Waals surface area contributed by atoms with E-state index < -0.39 is 0 Å². The fourth-order valence-corrected chi connectivity index (χ4v) is 2.36. The lowest BCUT2D eigenvalue weighted by Gasteiger charge is -2.02. The van der Waals surface area contributed by atoms with Gasteiger partial charge in [-0.3, -0.25) is 4.99 Å². The molecular weight excluding hydrogens is 271 g/mol. The van der Waals surface area contributed by atoms with Crippen molar-refractivity contribution in [1.29, 1.82) is 0 Å². The molecule has 0 saturated heterocycles. The molecule has 6 heteroatoms. The van der Waals surface area contributed by atoms with Crippen LogP contribution in [-0.4, -0.2) is 28.7 Å². The van der Waals surface area contributed by atoms with Gasteiger partial charge >= 0.3 is 0 Å². The van der Waals surface area contributed by atoms with E-state index in [1.165, 1.54) is 0 Å². The minimum atomic E-state index is 0.589. The zero-order chi connectivity index (χ0) is 12.5. The van der Waals surface area contributed by atoms with E-state index in [1.54, 1.807) is 16.9 Å². The Balaban J connectivity index is 1.97. The summed E-state index contributed by atoms with van der Waals surface area (Å²) in [5.41, 5.74) is 1.79. The van der Waals surface area contributed by atoms with E-state index in [2.05, 4.69) is 15.4 Å². The second kappa shape index (κ2) is 4.63. The summed E-state index contributed by atoms with van der Waals surface area (Å²) in [6.45, 7) is 1.69. The Bertz CT molecular complexity index is 598. The zero-order valence-corrected chi connectivity index (χ0v) is 10.9. The molecule has 2 aromatic rings. The highest BCUT2D eigenvalue weighted by atomic mass is 35.5. The first-order valence-corrected chi connectivity index (χ1v) is 6.28. The maximum atomic E-state index is 5.97. The Morgan fingerprint density at radius 1 is 1.17 bits per heavy atom. The van der Waals surface area contributed by atoms with Crippen molar-refractivity contribution < 1.29 is 0 Å². The van der Waals surface area contributed by atoms with Crippen LogP contribution in [-0.2, 0) is 0 Å². The molecule has 4 nitrogen and oxygen atoms in total. The first-order valence-electron chi connectivity index (χ1n) is 5.52. The second-order valence-corrected chi connectivity index (χ2v) is 4.83. The van der Waals surface area contributed by atoms with Crippen molar-refractivity contribution in [3.05, 3.63) is 46.2 Å². The molecule has 1 N–H and O–H groups in total. The van der Waals surface area contributed by atoms with Crippen LogP contribution < -0.4 is 5.32 Å². The molecule has 1 aromatic carbocycles. The normalized spacial score (nSPS) is 14.4. The van der Waals surface area contributed by atoms with Gasteiger partial charge in [0.15, 0.2) is 0 Å². The average molecular weight is 281 g/mol. The van der Waals surface area contributed by atoms with Crippen LogP contribution in [0.5, 0.6) is 0 Å². The molecule has 0 saturated carbocycles. The average Bonchev–Trinajstić information content (AvgIpc) is 2.99. The summed E-state index contributed by atoms with van der Waals surface area (Å²) < 4.78 is 1.73. The maximum Gasteiger partial charge on any atom is 0.131 e. The van der Waals surface area contributed by atoms with Crippen LogP contribution in [0.3, 0.4) is 0 Å². The quantitative estimate of drug-likeness (QED) is 0.919. The standard InChI is InChI=1S/C12H10Cl2N4/c13-9-3-10(14)5-11(4-9)18-7-8(6-17-18)12-15-1-2-16-12/h3-7H,1-2H2,(H,15,16). The van der Waals surface area contributed by atoms with Gasteiger partial charge in [0.05, 0.1) is 24.0 Å². The summed E-state index contributed by atoms with van der Waals surface area (Å²) in [7, 11) is 0. The van der Waals surface area contributed by atoms with Crippen LogP contribution in [0.1, 0.15) is 5.56 Å². The van der Waals surface area contributed by atoms with E-state index in [-0.39, 0.29) is 0 Å². The van der Waals surface area contributed by atoms with Crippen molar-refractivity contribution in [2.75, 3.05) is 13.1 Å². The van der Waals surface area contributed by atoms with E-state index in [0.717, 1.165) is 30.2 Å². The Labute approximate surface area is 114 Å². The number of hydrogen-bond donors (Lipinski definition) is 1. The lowest BCUT2D eigenvalue weighted by Crippen LogP contribution is -2.18. The summed E-state index contributed by atoms with van der Waals surface area (Å²) in [6, 6.07) is 5.32. The van der Waals surface area contributed by atoms with Crippen molar-refractivity contribution in [2.45, 2.75) is 0 Å². The Morgan fingerprint density at radius 2 is 1.94 bits per heavy atom. The molecule has 1 aromatic heterocycles. The molecular formula is C12H10Cl2N4. The lowest BCUT2D eigenvalue weighted by molar-refractivity contribution is 0.880. The number of nitrogens with one attached hydrogen (secondary N) is 1. The van der Waals surface area contributed by atoms with Gasteiger partial charge in [0, 0.05) is 22.8 Å². The lowest BCUT2D eigenvalue weighted by atomic mass is 10.3. The second-order valence-electron chi connectivity index (χ2n) is 3.96. The van der Waals surface area contributed by atoms with E-state index in [9.17, 15) is 0 Å². The monoisotopic (exact) mass is 280 g/mol. The number of nitrogens with zero attached hydrogens (tertiary/aromatic N) is 3. The molecule has 92 valence electrons. The van der Waals surface area contributed by atoms with Gasteiger partial charge in [-0.2, -0.15) is 5.10 Å². The fourth-order valence-electron chi connectivity index (χ4n) is 1.85. The molecule has 2 heterocycles. The molecule has 18 heavy (non-hydrogen) atoms. The molecule has 0 radical (unpaired) electrons. The van der Waals surface area contributed by atoms with Gasteiger partial charge in [0.2, 0.25) is 0 Å². The number of hydrogen-bond acceptors (Lipinski definition) is 3. The van der Waals surface area contributed by atoms with Crippen molar-refractivity contribution in [3.8, 4) is 5.69 Å². The Kier molecular flexibility index (Phi) is 2.97. The molecule has 0 amide bonds. The van der Waals surface area contributed by atoms with Gasteiger partial charge in [-0.05, 0) is 18.2 Å². The van der Waals surface area contributed by atoms with Gasteiger partial charge in [0.25, 0.3) is 0 Å². The first-order chi connectivity index (χ1) is 8.72.